The monoisotopic (exact) mass is 314 g/mol. The maximum atomic E-state index is 12.3. The molecule has 8 nitrogen and oxygen atoms in total. The molecule has 0 radical (unpaired) electrons. The minimum Gasteiger partial charge on any atom is -0.477 e. The van der Waals surface area contributed by atoms with Crippen molar-refractivity contribution in [2.45, 2.75) is 0 Å². The van der Waals surface area contributed by atoms with Crippen LogP contribution in [0.1, 0.15) is 5.56 Å². The molecule has 2 aromatic heterocycles. The molecule has 1 aliphatic heterocycles. The van der Waals surface area contributed by atoms with Crippen molar-refractivity contribution in [3.05, 3.63) is 47.3 Å². The summed E-state index contributed by atoms with van der Waals surface area (Å²) in [5.41, 5.74) is 3.61. The molecule has 0 unspecified atom stereocenters. The van der Waals surface area contributed by atoms with Crippen LogP contribution in [0.15, 0.2) is 41.7 Å². The largest absolute Gasteiger partial charge is 0.477 e. The van der Waals surface area contributed by atoms with Crippen molar-refractivity contribution in [1.82, 2.24) is 20.4 Å². The van der Waals surface area contributed by atoms with E-state index < -0.39 is 17.3 Å². The highest BCUT2D eigenvalue weighted by atomic mass is 16.5. The molecule has 0 atom stereocenters. The van der Waals surface area contributed by atoms with Crippen LogP contribution in [0.4, 0.5) is 0 Å². The number of carboxylic acids is 1. The van der Waals surface area contributed by atoms with Crippen molar-refractivity contribution < 1.29 is 19.4 Å². The maximum absolute atomic E-state index is 12.3. The number of ether oxygens (including phenoxy) is 1. The Morgan fingerprint density at radius 1 is 1.48 bits per heavy atom. The first-order valence-corrected chi connectivity index (χ1v) is 6.75. The first kappa shape index (κ1) is 14.8. The van der Waals surface area contributed by atoms with Crippen LogP contribution in [0.2, 0.25) is 0 Å². The first-order valence-electron chi connectivity index (χ1n) is 6.75. The van der Waals surface area contributed by atoms with Crippen LogP contribution in [0.25, 0.3) is 17.1 Å². The molecule has 23 heavy (non-hydrogen) atoms. The molecule has 1 aliphatic rings. The van der Waals surface area contributed by atoms with Gasteiger partial charge in [0, 0.05) is 37.4 Å². The molecule has 0 fully saturated rings. The van der Waals surface area contributed by atoms with Crippen molar-refractivity contribution in [2.75, 3.05) is 14.1 Å². The number of pyridine rings is 1. The van der Waals surface area contributed by atoms with Crippen LogP contribution in [0.3, 0.4) is 0 Å². The van der Waals surface area contributed by atoms with Gasteiger partial charge in [-0.1, -0.05) is 0 Å². The molecule has 0 aromatic carbocycles. The number of hydrazine groups is 1. The molecule has 0 spiro atoms. The lowest BCUT2D eigenvalue weighted by Gasteiger charge is -2.13. The molecule has 3 heterocycles. The number of rotatable bonds is 4. The molecule has 8 heteroatoms. The number of hydrogen-bond acceptors (Lipinski definition) is 6. The van der Waals surface area contributed by atoms with Crippen molar-refractivity contribution in [3.63, 3.8) is 0 Å². The van der Waals surface area contributed by atoms with Crippen LogP contribution < -0.4 is 5.43 Å². The molecule has 3 rings (SSSR count). The summed E-state index contributed by atoms with van der Waals surface area (Å²) in [4.78, 5) is 30.7. The van der Waals surface area contributed by atoms with E-state index >= 15 is 0 Å². The number of fused-ring (bicyclic) bond motifs is 1. The number of nitrogens with zero attached hydrogens (tertiary/aromatic N) is 2. The molecule has 3 N–H and O–H groups in total. The Balaban J connectivity index is 1.99. The number of hydrogen-bond donors (Lipinski definition) is 3. The number of carbonyl (C=O) groups excluding carboxylic acids is 1. The molecule has 2 aromatic rings. The maximum Gasteiger partial charge on any atom is 0.345 e. The minimum absolute atomic E-state index is 0.0588. The smallest absolute Gasteiger partial charge is 0.345 e. The second kappa shape index (κ2) is 5.58. The van der Waals surface area contributed by atoms with Gasteiger partial charge in [-0.3, -0.25) is 10.2 Å². The lowest BCUT2D eigenvalue weighted by Crippen LogP contribution is -2.31. The van der Waals surface area contributed by atoms with Gasteiger partial charge in [-0.25, -0.2) is 14.8 Å². The number of Topliss-reactive ketones (excluding diaryl/α,β-unsaturated/α-hetero) is 1. The van der Waals surface area contributed by atoms with Gasteiger partial charge in [-0.15, -0.1) is 0 Å². The van der Waals surface area contributed by atoms with E-state index in [1.165, 1.54) is 11.1 Å². The summed E-state index contributed by atoms with van der Waals surface area (Å²) in [5, 5.41) is 11.5. The lowest BCUT2D eigenvalue weighted by atomic mass is 10.1. The predicted molar refractivity (Wildman–Crippen MR) is 81.6 cm³/mol. The quantitative estimate of drug-likeness (QED) is 0.436. The summed E-state index contributed by atoms with van der Waals surface area (Å²) in [6.07, 6.45) is 4.82. The average molecular weight is 314 g/mol. The number of carbonyl (C=O) groups is 2. The van der Waals surface area contributed by atoms with E-state index in [-0.39, 0.29) is 11.6 Å². The van der Waals surface area contributed by atoms with Gasteiger partial charge in [0.15, 0.2) is 11.3 Å². The van der Waals surface area contributed by atoms with E-state index in [0.717, 1.165) is 5.39 Å². The molecule has 0 bridgehead atoms. The van der Waals surface area contributed by atoms with Crippen molar-refractivity contribution in [2.24, 2.45) is 0 Å². The van der Waals surface area contributed by atoms with E-state index in [1.807, 2.05) is 6.07 Å². The van der Waals surface area contributed by atoms with Gasteiger partial charge >= 0.3 is 5.97 Å². The Morgan fingerprint density at radius 2 is 2.26 bits per heavy atom. The molecular formula is C15H14N4O4. The third-order valence-electron chi connectivity index (χ3n) is 3.20. The standard InChI is InChI=1S/C15H14N4O4/c1-19(2)18-14-11(15(21)22)12(20)10(23-14)6-8-7-17-13-9(8)4-3-5-16-13/h3-7,18H,1-2H3,(H,16,17)(H,21,22)/b10-6-. The lowest BCUT2D eigenvalue weighted by molar-refractivity contribution is -0.134. The number of aromatic nitrogens is 2. The van der Waals surface area contributed by atoms with Crippen molar-refractivity contribution in [1.29, 1.82) is 0 Å². The number of aromatic amines is 1. The number of aliphatic carboxylic acids is 1. The molecular weight excluding hydrogens is 300 g/mol. The van der Waals surface area contributed by atoms with Gasteiger partial charge in [0.1, 0.15) is 5.65 Å². The van der Waals surface area contributed by atoms with Crippen LogP contribution in [-0.4, -0.2) is 45.9 Å². The van der Waals surface area contributed by atoms with Gasteiger partial charge in [-0.05, 0) is 18.2 Å². The molecule has 0 amide bonds. The Hall–Kier alpha value is -3.13. The van der Waals surface area contributed by atoms with Gasteiger partial charge in [-0.2, -0.15) is 0 Å². The van der Waals surface area contributed by atoms with Crippen molar-refractivity contribution in [3.8, 4) is 0 Å². The normalized spacial score (nSPS) is 16.5. The highest BCUT2D eigenvalue weighted by Gasteiger charge is 2.36. The number of nitrogens with one attached hydrogen (secondary N) is 2. The fourth-order valence-electron chi connectivity index (χ4n) is 2.24. The van der Waals surface area contributed by atoms with E-state index in [0.29, 0.717) is 11.2 Å². The van der Waals surface area contributed by atoms with Gasteiger partial charge in [0.25, 0.3) is 0 Å². The predicted octanol–water partition coefficient (Wildman–Crippen LogP) is 0.865. The molecule has 0 saturated heterocycles. The fourth-order valence-corrected chi connectivity index (χ4v) is 2.24. The topological polar surface area (TPSA) is 108 Å². The van der Waals surface area contributed by atoms with Crippen LogP contribution in [0, 0.1) is 0 Å². The molecule has 118 valence electrons. The molecule has 0 aliphatic carbocycles. The third kappa shape index (κ3) is 2.67. The van der Waals surface area contributed by atoms with Gasteiger partial charge in [0.2, 0.25) is 11.7 Å². The number of ketones is 1. The zero-order chi connectivity index (χ0) is 16.6. The van der Waals surface area contributed by atoms with Gasteiger partial charge < -0.3 is 14.8 Å². The van der Waals surface area contributed by atoms with Crippen LogP contribution in [0.5, 0.6) is 0 Å². The summed E-state index contributed by atoms with van der Waals surface area (Å²) in [7, 11) is 3.32. The summed E-state index contributed by atoms with van der Waals surface area (Å²) in [5.74, 6) is -2.18. The summed E-state index contributed by atoms with van der Waals surface area (Å²) < 4.78 is 5.40. The highest BCUT2D eigenvalue weighted by molar-refractivity contribution is 6.26. The number of carboxylic acid groups (broad SMARTS) is 1. The Bertz CT molecular complexity index is 863. The SMILES string of the molecule is CN(C)NC1=C(C(=O)O)C(=O)/C(=C/c2c[nH]c3ncccc23)O1. The van der Waals surface area contributed by atoms with Crippen molar-refractivity contribution >= 4 is 28.9 Å². The second-order valence-corrected chi connectivity index (χ2v) is 5.10. The summed E-state index contributed by atoms with van der Waals surface area (Å²) >= 11 is 0. The van der Waals surface area contributed by atoms with E-state index in [9.17, 15) is 14.7 Å². The minimum atomic E-state index is -1.34. The van der Waals surface area contributed by atoms with Gasteiger partial charge in [0.05, 0.1) is 0 Å². The fraction of sp³-hybridized carbons (Fsp3) is 0.133. The van der Waals surface area contributed by atoms with E-state index in [2.05, 4.69) is 15.4 Å². The highest BCUT2D eigenvalue weighted by Crippen LogP contribution is 2.27. The van der Waals surface area contributed by atoms with E-state index in [4.69, 9.17) is 4.74 Å². The zero-order valence-corrected chi connectivity index (χ0v) is 12.5. The Morgan fingerprint density at radius 3 is 2.96 bits per heavy atom. The second-order valence-electron chi connectivity index (χ2n) is 5.10. The summed E-state index contributed by atoms with van der Waals surface area (Å²) in [6, 6.07) is 3.62. The zero-order valence-electron chi connectivity index (χ0n) is 12.5. The Kier molecular flexibility index (Phi) is 3.59. The molecule has 0 saturated carbocycles. The van der Waals surface area contributed by atoms with Crippen LogP contribution in [-0.2, 0) is 14.3 Å². The third-order valence-corrected chi connectivity index (χ3v) is 3.20. The van der Waals surface area contributed by atoms with Crippen LogP contribution >= 0.6 is 0 Å². The number of H-pyrrole nitrogens is 1. The Labute approximate surface area is 131 Å². The van der Waals surface area contributed by atoms with E-state index in [1.54, 1.807) is 32.6 Å². The first-order chi connectivity index (χ1) is 11.0. The average Bonchev–Trinajstić information content (AvgIpc) is 3.01. The number of allylic oxidation sites excluding steroid dienone is 1. The summed E-state index contributed by atoms with van der Waals surface area (Å²) in [6.45, 7) is 0.